The fraction of sp³-hybridized carbons (Fsp3) is 0.231. The maximum atomic E-state index is 13.1. The second kappa shape index (κ2) is 9.04. The van der Waals surface area contributed by atoms with Gasteiger partial charge in [-0.15, -0.1) is 0 Å². The van der Waals surface area contributed by atoms with E-state index in [2.05, 4.69) is 4.90 Å². The molecule has 0 aromatic heterocycles. The number of benzene rings is 3. The van der Waals surface area contributed by atoms with Crippen LogP contribution in [0.2, 0.25) is 0 Å². The monoisotopic (exact) mass is 415 g/mol. The molecule has 1 aliphatic rings. The van der Waals surface area contributed by atoms with Gasteiger partial charge in [0, 0.05) is 5.69 Å². The van der Waals surface area contributed by atoms with Crippen LogP contribution < -0.4 is 4.90 Å². The average Bonchev–Trinajstić information content (AvgIpc) is 3.21. The van der Waals surface area contributed by atoms with Crippen molar-refractivity contribution in [2.24, 2.45) is 11.8 Å². The number of carbonyl (C=O) groups is 2. The van der Waals surface area contributed by atoms with E-state index in [0.717, 1.165) is 16.8 Å². The minimum atomic E-state index is -0.731. The lowest BCUT2D eigenvalue weighted by Crippen LogP contribution is -2.32. The van der Waals surface area contributed by atoms with Crippen molar-refractivity contribution in [3.63, 3.8) is 0 Å². The van der Waals surface area contributed by atoms with Crippen molar-refractivity contribution in [2.75, 3.05) is 19.1 Å². The van der Waals surface area contributed by atoms with E-state index in [4.69, 9.17) is 9.47 Å². The van der Waals surface area contributed by atoms with Gasteiger partial charge in [-0.1, -0.05) is 78.9 Å². The molecular formula is C26H25NO4. The number of rotatable bonds is 5. The van der Waals surface area contributed by atoms with Gasteiger partial charge in [-0.3, -0.25) is 9.59 Å². The van der Waals surface area contributed by atoms with Crippen molar-refractivity contribution in [3.8, 4) is 0 Å². The fourth-order valence-electron chi connectivity index (χ4n) is 4.69. The first-order valence-corrected chi connectivity index (χ1v) is 10.3. The van der Waals surface area contributed by atoms with E-state index in [1.54, 1.807) is 0 Å². The smallest absolute Gasteiger partial charge is 0.312 e. The third-order valence-electron chi connectivity index (χ3n) is 5.95. The highest BCUT2D eigenvalue weighted by Gasteiger charge is 2.57. The van der Waals surface area contributed by atoms with E-state index in [1.165, 1.54) is 14.2 Å². The zero-order valence-electron chi connectivity index (χ0n) is 17.5. The van der Waals surface area contributed by atoms with Crippen LogP contribution in [0.1, 0.15) is 23.2 Å². The molecule has 0 N–H and O–H groups in total. The molecule has 0 amide bonds. The zero-order chi connectivity index (χ0) is 21.8. The van der Waals surface area contributed by atoms with Crippen LogP contribution in [0.15, 0.2) is 91.0 Å². The quantitative estimate of drug-likeness (QED) is 0.572. The molecule has 0 aliphatic carbocycles. The summed E-state index contributed by atoms with van der Waals surface area (Å²) in [5.74, 6) is -2.32. The van der Waals surface area contributed by atoms with Crippen LogP contribution in [0.3, 0.4) is 0 Å². The van der Waals surface area contributed by atoms with Crippen molar-refractivity contribution >= 4 is 17.6 Å². The lowest BCUT2D eigenvalue weighted by molar-refractivity contribution is -0.157. The lowest BCUT2D eigenvalue weighted by atomic mass is 9.82. The number of anilines is 1. The number of esters is 2. The molecule has 0 spiro atoms. The molecule has 0 saturated carbocycles. The van der Waals surface area contributed by atoms with Crippen LogP contribution in [-0.4, -0.2) is 26.2 Å². The Balaban J connectivity index is 1.99. The van der Waals surface area contributed by atoms with Gasteiger partial charge in [-0.05, 0) is 23.3 Å². The van der Waals surface area contributed by atoms with Crippen LogP contribution in [0, 0.1) is 11.8 Å². The Morgan fingerprint density at radius 2 is 0.968 bits per heavy atom. The summed E-state index contributed by atoms with van der Waals surface area (Å²) >= 11 is 0. The predicted molar refractivity (Wildman–Crippen MR) is 118 cm³/mol. The molecule has 3 aromatic carbocycles. The molecule has 1 aliphatic heterocycles. The summed E-state index contributed by atoms with van der Waals surface area (Å²) in [6, 6.07) is 28.6. The molecule has 3 aromatic rings. The zero-order valence-corrected chi connectivity index (χ0v) is 17.5. The van der Waals surface area contributed by atoms with Crippen LogP contribution in [0.4, 0.5) is 5.69 Å². The van der Waals surface area contributed by atoms with E-state index >= 15 is 0 Å². The largest absolute Gasteiger partial charge is 0.469 e. The molecule has 0 bridgehead atoms. The number of ether oxygens (including phenoxy) is 2. The van der Waals surface area contributed by atoms with E-state index in [0.29, 0.717) is 0 Å². The summed E-state index contributed by atoms with van der Waals surface area (Å²) in [4.78, 5) is 28.4. The number of hydrogen-bond donors (Lipinski definition) is 0. The van der Waals surface area contributed by atoms with Gasteiger partial charge < -0.3 is 14.4 Å². The van der Waals surface area contributed by atoms with Gasteiger partial charge in [0.1, 0.15) is 0 Å². The maximum Gasteiger partial charge on any atom is 0.312 e. The highest BCUT2D eigenvalue weighted by molar-refractivity contribution is 5.86. The van der Waals surface area contributed by atoms with Gasteiger partial charge in [0.2, 0.25) is 0 Å². The summed E-state index contributed by atoms with van der Waals surface area (Å²) in [5.41, 5.74) is 2.80. The van der Waals surface area contributed by atoms with Crippen LogP contribution >= 0.6 is 0 Å². The molecule has 158 valence electrons. The standard InChI is InChI=1S/C26H25NO4/c1-30-25(28)21-22(26(29)31-2)24(19-14-8-4-9-15-19)27(20-16-10-5-11-17-20)23(21)18-12-6-3-7-13-18/h3-17,21-24H,1-2H3/t21-,22+,23-,24-/m1/s1. The number of nitrogens with zero attached hydrogens (tertiary/aromatic N) is 1. The Morgan fingerprint density at radius 3 is 1.32 bits per heavy atom. The van der Waals surface area contributed by atoms with Crippen molar-refractivity contribution in [3.05, 3.63) is 102 Å². The molecule has 1 saturated heterocycles. The fourth-order valence-corrected chi connectivity index (χ4v) is 4.69. The average molecular weight is 415 g/mol. The first-order chi connectivity index (χ1) is 15.2. The summed E-state index contributed by atoms with van der Waals surface area (Å²) in [7, 11) is 2.73. The van der Waals surface area contributed by atoms with Crippen molar-refractivity contribution in [1.82, 2.24) is 0 Å². The Labute approximate surface area is 182 Å². The molecule has 1 fully saturated rings. The normalized spacial score (nSPS) is 22.7. The minimum Gasteiger partial charge on any atom is -0.469 e. The predicted octanol–water partition coefficient (Wildman–Crippen LogP) is 4.57. The SMILES string of the molecule is COC(=O)[C@@H]1[C@H](C(=O)OC)[C@@H](c2ccccc2)N(c2ccccc2)[C@@H]1c1ccccc1. The van der Waals surface area contributed by atoms with Gasteiger partial charge in [0.05, 0.1) is 38.1 Å². The third-order valence-corrected chi connectivity index (χ3v) is 5.95. The number of hydrogen-bond acceptors (Lipinski definition) is 5. The van der Waals surface area contributed by atoms with Gasteiger partial charge in [-0.2, -0.15) is 0 Å². The minimum absolute atomic E-state index is 0.398. The van der Waals surface area contributed by atoms with Crippen LogP contribution in [-0.2, 0) is 19.1 Å². The van der Waals surface area contributed by atoms with Crippen molar-refractivity contribution in [2.45, 2.75) is 12.1 Å². The molecule has 4 atom stereocenters. The van der Waals surface area contributed by atoms with Gasteiger partial charge >= 0.3 is 11.9 Å². The first-order valence-electron chi connectivity index (χ1n) is 10.3. The summed E-state index contributed by atoms with van der Waals surface area (Å²) in [6.45, 7) is 0. The van der Waals surface area contributed by atoms with E-state index in [9.17, 15) is 9.59 Å². The van der Waals surface area contributed by atoms with Gasteiger partial charge in [-0.25, -0.2) is 0 Å². The maximum absolute atomic E-state index is 13.1. The first kappa shape index (κ1) is 20.7. The molecule has 1 heterocycles. The molecule has 5 nitrogen and oxygen atoms in total. The van der Waals surface area contributed by atoms with Crippen LogP contribution in [0.25, 0.3) is 0 Å². The van der Waals surface area contributed by atoms with Crippen molar-refractivity contribution < 1.29 is 19.1 Å². The van der Waals surface area contributed by atoms with Crippen molar-refractivity contribution in [1.29, 1.82) is 0 Å². The Bertz CT molecular complexity index is 958. The van der Waals surface area contributed by atoms with Crippen LogP contribution in [0.5, 0.6) is 0 Å². The number of carbonyl (C=O) groups excluding carboxylic acids is 2. The molecule has 4 rings (SSSR count). The topological polar surface area (TPSA) is 55.8 Å². The third kappa shape index (κ3) is 3.79. The molecule has 0 radical (unpaired) electrons. The lowest BCUT2D eigenvalue weighted by Gasteiger charge is -2.34. The van der Waals surface area contributed by atoms with Gasteiger partial charge in [0.25, 0.3) is 0 Å². The molecule has 0 unspecified atom stereocenters. The van der Waals surface area contributed by atoms with E-state index < -0.39 is 35.9 Å². The number of para-hydroxylation sites is 1. The molecule has 5 heteroatoms. The highest BCUT2D eigenvalue weighted by Crippen LogP contribution is 2.54. The molecule has 31 heavy (non-hydrogen) atoms. The summed E-state index contributed by atoms with van der Waals surface area (Å²) < 4.78 is 10.4. The molecular weight excluding hydrogens is 390 g/mol. The summed E-state index contributed by atoms with van der Waals surface area (Å²) in [5, 5.41) is 0. The number of methoxy groups -OCH3 is 2. The summed E-state index contributed by atoms with van der Waals surface area (Å²) in [6.07, 6.45) is 0. The Morgan fingerprint density at radius 1 is 0.613 bits per heavy atom. The Kier molecular flexibility index (Phi) is 6.03. The second-order valence-corrected chi connectivity index (χ2v) is 7.55. The second-order valence-electron chi connectivity index (χ2n) is 7.55. The van der Waals surface area contributed by atoms with E-state index in [1.807, 2.05) is 91.0 Å². The van der Waals surface area contributed by atoms with Gasteiger partial charge in [0.15, 0.2) is 0 Å². The highest BCUT2D eigenvalue weighted by atomic mass is 16.5. The Hall–Kier alpha value is -3.60. The van der Waals surface area contributed by atoms with E-state index in [-0.39, 0.29) is 0 Å².